The Morgan fingerprint density at radius 3 is 2.36 bits per heavy atom. The van der Waals surface area contributed by atoms with Crippen molar-refractivity contribution in [2.75, 3.05) is 7.05 Å². The molecule has 62 valence electrons. The van der Waals surface area contributed by atoms with E-state index in [2.05, 4.69) is 12.0 Å². The molecule has 0 amide bonds. The minimum atomic E-state index is 1.05. The lowest BCUT2D eigenvalue weighted by Gasteiger charge is -2.19. The van der Waals surface area contributed by atoms with Gasteiger partial charge in [0.25, 0.3) is 0 Å². The van der Waals surface area contributed by atoms with Crippen molar-refractivity contribution in [3.8, 4) is 0 Å². The summed E-state index contributed by atoms with van der Waals surface area (Å²) in [4.78, 5) is 0. The Balaban J connectivity index is 4.34. The number of hydrazine groups is 1. The van der Waals surface area contributed by atoms with Crippen LogP contribution in [-0.4, -0.2) is 12.1 Å². The summed E-state index contributed by atoms with van der Waals surface area (Å²) in [6.07, 6.45) is 7.69. The molecule has 0 unspecified atom stereocenters. The van der Waals surface area contributed by atoms with Crippen molar-refractivity contribution >= 4 is 0 Å². The number of hydrogen-bond donors (Lipinski definition) is 1. The zero-order chi connectivity index (χ0) is 8.69. The second kappa shape index (κ2) is 5.74. The van der Waals surface area contributed by atoms with E-state index in [1.807, 2.05) is 44.3 Å². The van der Waals surface area contributed by atoms with Gasteiger partial charge < -0.3 is 0 Å². The summed E-state index contributed by atoms with van der Waals surface area (Å²) < 4.78 is 0. The van der Waals surface area contributed by atoms with E-state index in [0.717, 1.165) is 5.70 Å². The first-order valence-electron chi connectivity index (χ1n) is 3.68. The fourth-order valence-electron chi connectivity index (χ4n) is 0.794. The van der Waals surface area contributed by atoms with Crippen LogP contribution >= 0.6 is 0 Å². The quantitative estimate of drug-likeness (QED) is 0.490. The van der Waals surface area contributed by atoms with Gasteiger partial charge in [-0.15, -0.1) is 0 Å². The number of nitrogens with zero attached hydrogens (tertiary/aromatic N) is 1. The minimum absolute atomic E-state index is 1.05. The first-order chi connectivity index (χ1) is 5.29. The summed E-state index contributed by atoms with van der Waals surface area (Å²) in [5.74, 6) is 0. The van der Waals surface area contributed by atoms with Crippen molar-refractivity contribution in [1.29, 1.82) is 0 Å². The molecule has 2 heteroatoms. The SMILES string of the molecule is C=CC(=CC)N(C=CC)NC. The maximum atomic E-state index is 3.70. The van der Waals surface area contributed by atoms with E-state index in [1.54, 1.807) is 6.08 Å². The zero-order valence-electron chi connectivity index (χ0n) is 7.46. The molecule has 0 heterocycles. The van der Waals surface area contributed by atoms with Crippen LogP contribution in [0.5, 0.6) is 0 Å². The summed E-state index contributed by atoms with van der Waals surface area (Å²) >= 11 is 0. The molecule has 0 aliphatic carbocycles. The van der Waals surface area contributed by atoms with Crippen molar-refractivity contribution in [2.24, 2.45) is 0 Å². The molecule has 0 saturated heterocycles. The Morgan fingerprint density at radius 2 is 2.09 bits per heavy atom. The van der Waals surface area contributed by atoms with Gasteiger partial charge in [0, 0.05) is 13.2 Å². The monoisotopic (exact) mass is 152 g/mol. The van der Waals surface area contributed by atoms with Crippen LogP contribution in [0, 0.1) is 0 Å². The van der Waals surface area contributed by atoms with Crippen LogP contribution in [0.2, 0.25) is 0 Å². The van der Waals surface area contributed by atoms with Crippen molar-refractivity contribution in [2.45, 2.75) is 13.8 Å². The molecule has 0 aromatic rings. The van der Waals surface area contributed by atoms with Gasteiger partial charge in [0.1, 0.15) is 0 Å². The van der Waals surface area contributed by atoms with Crippen molar-refractivity contribution in [3.63, 3.8) is 0 Å². The molecule has 2 nitrogen and oxygen atoms in total. The van der Waals surface area contributed by atoms with Crippen LogP contribution in [0.25, 0.3) is 0 Å². The lowest BCUT2D eigenvalue weighted by Crippen LogP contribution is -2.27. The van der Waals surface area contributed by atoms with Crippen molar-refractivity contribution < 1.29 is 0 Å². The molecule has 0 rings (SSSR count). The fraction of sp³-hybridized carbons (Fsp3) is 0.333. The van der Waals surface area contributed by atoms with Gasteiger partial charge in [-0.1, -0.05) is 18.7 Å². The van der Waals surface area contributed by atoms with E-state index in [-0.39, 0.29) is 0 Å². The summed E-state index contributed by atoms with van der Waals surface area (Å²) in [5.41, 5.74) is 4.06. The molecule has 0 aromatic heterocycles. The Hall–Kier alpha value is -1.02. The summed E-state index contributed by atoms with van der Waals surface area (Å²) in [6.45, 7) is 7.65. The van der Waals surface area contributed by atoms with E-state index in [4.69, 9.17) is 0 Å². The van der Waals surface area contributed by atoms with Gasteiger partial charge in [0.05, 0.1) is 5.70 Å². The average molecular weight is 152 g/mol. The fourth-order valence-corrected chi connectivity index (χ4v) is 0.794. The third-order valence-electron chi connectivity index (χ3n) is 1.32. The van der Waals surface area contributed by atoms with Gasteiger partial charge in [0.2, 0.25) is 0 Å². The molecule has 0 saturated carbocycles. The smallest absolute Gasteiger partial charge is 0.0521 e. The predicted molar refractivity (Wildman–Crippen MR) is 49.7 cm³/mol. The van der Waals surface area contributed by atoms with E-state index in [1.165, 1.54) is 0 Å². The van der Waals surface area contributed by atoms with Crippen LogP contribution in [-0.2, 0) is 0 Å². The second-order valence-electron chi connectivity index (χ2n) is 1.99. The highest BCUT2D eigenvalue weighted by Gasteiger charge is 1.95. The third kappa shape index (κ3) is 3.05. The highest BCUT2D eigenvalue weighted by Crippen LogP contribution is 2.01. The highest BCUT2D eigenvalue weighted by atomic mass is 15.5. The molecular weight excluding hydrogens is 136 g/mol. The third-order valence-corrected chi connectivity index (χ3v) is 1.32. The number of nitrogens with one attached hydrogen (secondary N) is 1. The van der Waals surface area contributed by atoms with Crippen molar-refractivity contribution in [1.82, 2.24) is 10.4 Å². The molecule has 0 aliphatic rings. The van der Waals surface area contributed by atoms with Gasteiger partial charge >= 0.3 is 0 Å². The molecule has 11 heavy (non-hydrogen) atoms. The maximum Gasteiger partial charge on any atom is 0.0521 e. The Kier molecular flexibility index (Phi) is 5.21. The van der Waals surface area contributed by atoms with Gasteiger partial charge in [-0.3, -0.25) is 5.01 Å². The Morgan fingerprint density at radius 1 is 1.45 bits per heavy atom. The normalized spacial score (nSPS) is 12.1. The van der Waals surface area contributed by atoms with E-state index in [9.17, 15) is 0 Å². The first-order valence-corrected chi connectivity index (χ1v) is 3.68. The Labute approximate surface area is 68.9 Å². The van der Waals surface area contributed by atoms with Gasteiger partial charge in [0.15, 0.2) is 0 Å². The van der Waals surface area contributed by atoms with E-state index in [0.29, 0.717) is 0 Å². The molecule has 0 atom stereocenters. The molecule has 0 spiro atoms. The van der Waals surface area contributed by atoms with E-state index < -0.39 is 0 Å². The van der Waals surface area contributed by atoms with Gasteiger partial charge in [-0.25, -0.2) is 5.43 Å². The molecule has 1 N–H and O–H groups in total. The molecular formula is C9H16N2. The van der Waals surface area contributed by atoms with Crippen LogP contribution in [0.15, 0.2) is 36.7 Å². The predicted octanol–water partition coefficient (Wildman–Crippen LogP) is 2.05. The first kappa shape index (κ1) is 9.98. The van der Waals surface area contributed by atoms with Crippen molar-refractivity contribution in [3.05, 3.63) is 36.7 Å². The average Bonchev–Trinajstić information content (AvgIpc) is 2.05. The number of rotatable bonds is 4. The summed E-state index contributed by atoms with van der Waals surface area (Å²) in [7, 11) is 1.87. The maximum absolute atomic E-state index is 3.70. The van der Waals surface area contributed by atoms with Crippen LogP contribution < -0.4 is 5.43 Å². The summed E-state index contributed by atoms with van der Waals surface area (Å²) in [5, 5.41) is 1.90. The Bertz CT molecular complexity index is 168. The van der Waals surface area contributed by atoms with E-state index >= 15 is 0 Å². The lowest BCUT2D eigenvalue weighted by molar-refractivity contribution is 0.385. The molecule has 0 bridgehead atoms. The zero-order valence-corrected chi connectivity index (χ0v) is 7.46. The standard InChI is InChI=1S/C9H16N2/c1-5-8-11(10-4)9(6-2)7-3/h5-8,10H,2H2,1,3-4H3. The molecule has 0 fully saturated rings. The molecule has 0 radical (unpaired) electrons. The summed E-state index contributed by atoms with van der Waals surface area (Å²) in [6, 6.07) is 0. The molecule has 0 aromatic carbocycles. The number of hydrogen-bond acceptors (Lipinski definition) is 2. The second-order valence-corrected chi connectivity index (χ2v) is 1.99. The minimum Gasteiger partial charge on any atom is -0.285 e. The van der Waals surface area contributed by atoms with Gasteiger partial charge in [-0.05, 0) is 19.9 Å². The largest absolute Gasteiger partial charge is 0.285 e. The lowest BCUT2D eigenvalue weighted by atomic mass is 10.4. The van der Waals surface area contributed by atoms with Gasteiger partial charge in [-0.2, -0.15) is 0 Å². The van der Waals surface area contributed by atoms with Crippen LogP contribution in [0.4, 0.5) is 0 Å². The number of allylic oxidation sites excluding steroid dienone is 3. The van der Waals surface area contributed by atoms with Crippen LogP contribution in [0.1, 0.15) is 13.8 Å². The highest BCUT2D eigenvalue weighted by molar-refractivity contribution is 5.15. The van der Waals surface area contributed by atoms with Crippen LogP contribution in [0.3, 0.4) is 0 Å². The topological polar surface area (TPSA) is 15.3 Å². The molecule has 0 aliphatic heterocycles.